The maximum Gasteiger partial charge on any atom is 0.139 e. The molecule has 4 heteroatoms. The number of amidine groups is 1. The van der Waals surface area contributed by atoms with Gasteiger partial charge in [-0.1, -0.05) is 31.8 Å². The van der Waals surface area contributed by atoms with Gasteiger partial charge in [-0.25, -0.2) is 0 Å². The molecule has 0 spiro atoms. The summed E-state index contributed by atoms with van der Waals surface area (Å²) in [6.45, 7) is 5.72. The third-order valence-electron chi connectivity index (χ3n) is 4.07. The average Bonchev–Trinajstić information content (AvgIpc) is 2.38. The highest BCUT2D eigenvalue weighted by atomic mass is 16.4. The van der Waals surface area contributed by atoms with E-state index >= 15 is 0 Å². The monoisotopic (exact) mass is 255 g/mol. The van der Waals surface area contributed by atoms with Gasteiger partial charge in [0.1, 0.15) is 5.84 Å². The third kappa shape index (κ3) is 5.25. The first-order valence-electron chi connectivity index (χ1n) is 7.35. The van der Waals surface area contributed by atoms with Crippen molar-refractivity contribution in [3.05, 3.63) is 0 Å². The predicted molar refractivity (Wildman–Crippen MR) is 75.8 cm³/mol. The van der Waals surface area contributed by atoms with Crippen LogP contribution in [0.1, 0.15) is 58.8 Å². The molecule has 18 heavy (non-hydrogen) atoms. The van der Waals surface area contributed by atoms with Gasteiger partial charge in [0.05, 0.1) is 0 Å². The van der Waals surface area contributed by atoms with E-state index in [9.17, 15) is 0 Å². The molecule has 0 amide bonds. The van der Waals surface area contributed by atoms with Crippen LogP contribution in [0.3, 0.4) is 0 Å². The molecule has 0 aromatic carbocycles. The van der Waals surface area contributed by atoms with Crippen LogP contribution in [-0.4, -0.2) is 23.6 Å². The van der Waals surface area contributed by atoms with Gasteiger partial charge in [-0.3, -0.25) is 0 Å². The Balaban J connectivity index is 2.16. The molecule has 0 saturated heterocycles. The van der Waals surface area contributed by atoms with Crippen LogP contribution in [0, 0.1) is 11.8 Å². The fourth-order valence-electron chi connectivity index (χ4n) is 2.98. The summed E-state index contributed by atoms with van der Waals surface area (Å²) < 4.78 is 0. The van der Waals surface area contributed by atoms with Crippen LogP contribution < -0.4 is 11.1 Å². The lowest BCUT2D eigenvalue weighted by Gasteiger charge is -2.35. The van der Waals surface area contributed by atoms with Crippen LogP contribution in [0.2, 0.25) is 0 Å². The van der Waals surface area contributed by atoms with Gasteiger partial charge in [0.25, 0.3) is 0 Å². The number of hydrogen-bond donors (Lipinski definition) is 3. The van der Waals surface area contributed by atoms with Crippen molar-refractivity contribution in [2.45, 2.75) is 64.8 Å². The number of hydrogen-bond acceptors (Lipinski definition) is 3. The van der Waals surface area contributed by atoms with Crippen LogP contribution in [0.15, 0.2) is 5.16 Å². The standard InChI is InChI=1S/C14H29N3O/c1-11(2)12-7-3-4-8-13(12)16-10-6-5-9-14(15)17-18/h11-13,16,18H,3-10H2,1-2H3,(H2,15,17). The number of unbranched alkanes of at least 4 members (excludes halogenated alkanes) is 1. The topological polar surface area (TPSA) is 70.6 Å². The molecule has 1 fully saturated rings. The van der Waals surface area contributed by atoms with E-state index in [4.69, 9.17) is 10.9 Å². The van der Waals surface area contributed by atoms with Crippen molar-refractivity contribution >= 4 is 5.84 Å². The highest BCUT2D eigenvalue weighted by molar-refractivity contribution is 5.79. The lowest BCUT2D eigenvalue weighted by Crippen LogP contribution is -2.41. The van der Waals surface area contributed by atoms with Crippen molar-refractivity contribution < 1.29 is 5.21 Å². The Hall–Kier alpha value is -0.770. The van der Waals surface area contributed by atoms with E-state index in [-0.39, 0.29) is 0 Å². The smallest absolute Gasteiger partial charge is 0.139 e. The zero-order valence-electron chi connectivity index (χ0n) is 11.9. The molecule has 0 radical (unpaired) electrons. The number of nitrogens with one attached hydrogen (secondary N) is 1. The molecular formula is C14H29N3O. The Morgan fingerprint density at radius 3 is 2.72 bits per heavy atom. The predicted octanol–water partition coefficient (Wildman–Crippen LogP) is 2.71. The van der Waals surface area contributed by atoms with Crippen molar-refractivity contribution in [2.24, 2.45) is 22.7 Å². The SMILES string of the molecule is CC(C)C1CCCCC1NCCCCC(N)=NO. The first-order valence-corrected chi connectivity index (χ1v) is 7.35. The molecule has 1 saturated carbocycles. The molecule has 4 N–H and O–H groups in total. The normalized spacial score (nSPS) is 25.6. The van der Waals surface area contributed by atoms with Gasteiger partial charge in [0.2, 0.25) is 0 Å². The van der Waals surface area contributed by atoms with Crippen LogP contribution in [0.5, 0.6) is 0 Å². The molecular weight excluding hydrogens is 226 g/mol. The maximum atomic E-state index is 8.44. The summed E-state index contributed by atoms with van der Waals surface area (Å²) in [6.07, 6.45) is 8.23. The van der Waals surface area contributed by atoms with Gasteiger partial charge in [-0.2, -0.15) is 0 Å². The van der Waals surface area contributed by atoms with Crippen molar-refractivity contribution in [2.75, 3.05) is 6.54 Å². The van der Waals surface area contributed by atoms with Gasteiger partial charge in [-0.15, -0.1) is 0 Å². The Morgan fingerprint density at radius 1 is 1.33 bits per heavy atom. The number of nitrogens with two attached hydrogens (primary N) is 1. The summed E-state index contributed by atoms with van der Waals surface area (Å²) in [5.41, 5.74) is 5.44. The second-order valence-electron chi connectivity index (χ2n) is 5.80. The van der Waals surface area contributed by atoms with Crippen molar-refractivity contribution in [3.8, 4) is 0 Å². The minimum Gasteiger partial charge on any atom is -0.409 e. The molecule has 0 bridgehead atoms. The maximum absolute atomic E-state index is 8.44. The molecule has 106 valence electrons. The Labute approximate surface area is 111 Å². The quantitative estimate of drug-likeness (QED) is 0.215. The zero-order chi connectivity index (χ0) is 13.4. The first kappa shape index (κ1) is 15.3. The van der Waals surface area contributed by atoms with Gasteiger partial charge >= 0.3 is 0 Å². The molecule has 0 aromatic heterocycles. The van der Waals surface area contributed by atoms with Gasteiger partial charge in [0, 0.05) is 12.5 Å². The van der Waals surface area contributed by atoms with Crippen LogP contribution in [-0.2, 0) is 0 Å². The summed E-state index contributed by atoms with van der Waals surface area (Å²) in [5.74, 6) is 1.95. The molecule has 2 unspecified atom stereocenters. The van der Waals surface area contributed by atoms with Crippen molar-refractivity contribution in [1.82, 2.24) is 5.32 Å². The van der Waals surface area contributed by atoms with Gasteiger partial charge < -0.3 is 16.3 Å². The van der Waals surface area contributed by atoms with E-state index in [1.807, 2.05) is 0 Å². The highest BCUT2D eigenvalue weighted by Gasteiger charge is 2.26. The summed E-state index contributed by atoms with van der Waals surface area (Å²) in [4.78, 5) is 0. The van der Waals surface area contributed by atoms with Gasteiger partial charge in [-0.05, 0) is 44.1 Å². The molecule has 0 aromatic rings. The van der Waals surface area contributed by atoms with Crippen molar-refractivity contribution in [1.29, 1.82) is 0 Å². The molecule has 0 heterocycles. The Bertz CT molecular complexity index is 253. The van der Waals surface area contributed by atoms with Crippen LogP contribution in [0.4, 0.5) is 0 Å². The largest absolute Gasteiger partial charge is 0.409 e. The highest BCUT2D eigenvalue weighted by Crippen LogP contribution is 2.30. The first-order chi connectivity index (χ1) is 8.65. The summed E-state index contributed by atoms with van der Waals surface area (Å²) in [6, 6.07) is 0.697. The summed E-state index contributed by atoms with van der Waals surface area (Å²) in [5, 5.41) is 15.1. The van der Waals surface area contributed by atoms with E-state index < -0.39 is 0 Å². The second kappa shape index (κ2) is 8.35. The zero-order valence-corrected chi connectivity index (χ0v) is 11.9. The van der Waals surface area contributed by atoms with E-state index in [1.54, 1.807) is 0 Å². The molecule has 2 atom stereocenters. The van der Waals surface area contributed by atoms with E-state index in [1.165, 1.54) is 25.7 Å². The third-order valence-corrected chi connectivity index (χ3v) is 4.07. The molecule has 4 nitrogen and oxygen atoms in total. The van der Waals surface area contributed by atoms with Gasteiger partial charge in [0.15, 0.2) is 0 Å². The molecule has 1 aliphatic rings. The Morgan fingerprint density at radius 2 is 2.06 bits per heavy atom. The van der Waals surface area contributed by atoms with Crippen LogP contribution in [0.25, 0.3) is 0 Å². The van der Waals surface area contributed by atoms with E-state index in [0.717, 1.165) is 31.2 Å². The summed E-state index contributed by atoms with van der Waals surface area (Å²) in [7, 11) is 0. The molecule has 1 aliphatic carbocycles. The lowest BCUT2D eigenvalue weighted by molar-refractivity contribution is 0.205. The van der Waals surface area contributed by atoms with Crippen LogP contribution >= 0.6 is 0 Å². The summed E-state index contributed by atoms with van der Waals surface area (Å²) >= 11 is 0. The fraction of sp³-hybridized carbons (Fsp3) is 0.929. The molecule has 0 aliphatic heterocycles. The minimum absolute atomic E-state index is 0.340. The second-order valence-corrected chi connectivity index (χ2v) is 5.80. The van der Waals surface area contributed by atoms with Crippen molar-refractivity contribution in [3.63, 3.8) is 0 Å². The van der Waals surface area contributed by atoms with E-state index in [0.29, 0.717) is 18.3 Å². The average molecular weight is 255 g/mol. The number of nitrogens with zero attached hydrogens (tertiary/aromatic N) is 1. The van der Waals surface area contributed by atoms with E-state index in [2.05, 4.69) is 24.3 Å². The lowest BCUT2D eigenvalue weighted by atomic mass is 9.78. The minimum atomic E-state index is 0.340. The molecule has 1 rings (SSSR count). The number of rotatable bonds is 7. The Kier molecular flexibility index (Phi) is 7.09. The fourth-order valence-corrected chi connectivity index (χ4v) is 2.98. The number of oxime groups is 1.